The Kier molecular flexibility index (Phi) is 2.65. The summed E-state index contributed by atoms with van der Waals surface area (Å²) >= 11 is 0. The molecule has 1 aliphatic rings. The van der Waals surface area contributed by atoms with Crippen molar-refractivity contribution < 1.29 is 14.7 Å². The van der Waals surface area contributed by atoms with Crippen LogP contribution in [0.25, 0.3) is 0 Å². The maximum atomic E-state index is 11.1. The summed E-state index contributed by atoms with van der Waals surface area (Å²) in [6.45, 7) is 0.552. The van der Waals surface area contributed by atoms with Crippen LogP contribution in [-0.2, 0) is 9.59 Å². The van der Waals surface area contributed by atoms with Crippen molar-refractivity contribution in [1.29, 1.82) is 0 Å². The van der Waals surface area contributed by atoms with E-state index in [0.29, 0.717) is 13.0 Å². The quantitative estimate of drug-likeness (QED) is 0.612. The number of carboxylic acids is 1. The Hall–Kier alpha value is -1.10. The first-order valence-electron chi connectivity index (χ1n) is 3.84. The molecule has 5 heteroatoms. The molecule has 12 heavy (non-hydrogen) atoms. The van der Waals surface area contributed by atoms with Crippen LogP contribution in [0.4, 0.5) is 0 Å². The van der Waals surface area contributed by atoms with Gasteiger partial charge in [0.25, 0.3) is 0 Å². The van der Waals surface area contributed by atoms with Crippen molar-refractivity contribution in [3.05, 3.63) is 0 Å². The number of hydrogen-bond donors (Lipinski definition) is 1. The van der Waals surface area contributed by atoms with Crippen LogP contribution in [0.3, 0.4) is 0 Å². The number of hydrazine groups is 1. The van der Waals surface area contributed by atoms with Gasteiger partial charge in [0, 0.05) is 20.0 Å². The first-order valence-corrected chi connectivity index (χ1v) is 3.84. The second-order valence-corrected chi connectivity index (χ2v) is 2.80. The highest BCUT2D eigenvalue weighted by molar-refractivity contribution is 5.77. The Morgan fingerprint density at radius 2 is 2.33 bits per heavy atom. The fourth-order valence-corrected chi connectivity index (χ4v) is 1.22. The molecular formula is C7H12N2O3. The molecule has 0 saturated carbocycles. The van der Waals surface area contributed by atoms with E-state index in [2.05, 4.69) is 0 Å². The van der Waals surface area contributed by atoms with E-state index >= 15 is 0 Å². The van der Waals surface area contributed by atoms with E-state index in [1.807, 2.05) is 0 Å². The fourth-order valence-electron chi connectivity index (χ4n) is 1.22. The average Bonchev–Trinajstić information content (AvgIpc) is 1.98. The van der Waals surface area contributed by atoms with Crippen LogP contribution < -0.4 is 0 Å². The van der Waals surface area contributed by atoms with E-state index in [4.69, 9.17) is 5.11 Å². The van der Waals surface area contributed by atoms with E-state index in [1.165, 1.54) is 10.0 Å². The van der Waals surface area contributed by atoms with Crippen molar-refractivity contribution >= 4 is 11.9 Å². The Morgan fingerprint density at radius 3 is 2.92 bits per heavy atom. The predicted octanol–water partition coefficient (Wildman–Crippen LogP) is -0.460. The van der Waals surface area contributed by atoms with Gasteiger partial charge >= 0.3 is 5.97 Å². The van der Waals surface area contributed by atoms with Gasteiger partial charge in [0.05, 0.1) is 0 Å². The van der Waals surface area contributed by atoms with Crippen molar-refractivity contribution in [1.82, 2.24) is 10.0 Å². The normalized spacial score (nSPS) is 19.8. The van der Waals surface area contributed by atoms with Crippen molar-refractivity contribution in [3.8, 4) is 0 Å². The molecule has 0 aromatic rings. The summed E-state index contributed by atoms with van der Waals surface area (Å²) in [5.41, 5.74) is 0. The minimum Gasteiger partial charge on any atom is -0.480 e. The SMILES string of the molecule is CN1C(=O)CCCN1CC(=O)O. The molecule has 1 N–H and O–H groups in total. The van der Waals surface area contributed by atoms with Crippen LogP contribution in [0.15, 0.2) is 0 Å². The molecule has 0 aromatic heterocycles. The molecule has 0 bridgehead atoms. The van der Waals surface area contributed by atoms with Gasteiger partial charge in [0.2, 0.25) is 5.91 Å². The molecular weight excluding hydrogens is 160 g/mol. The molecule has 68 valence electrons. The molecule has 5 nitrogen and oxygen atoms in total. The molecule has 1 saturated heterocycles. The number of carbonyl (C=O) groups excluding carboxylic acids is 1. The third-order valence-electron chi connectivity index (χ3n) is 1.91. The number of nitrogens with zero attached hydrogens (tertiary/aromatic N) is 2. The van der Waals surface area contributed by atoms with Crippen LogP contribution in [0.1, 0.15) is 12.8 Å². The monoisotopic (exact) mass is 172 g/mol. The number of aliphatic carboxylic acids is 1. The molecule has 1 aliphatic heterocycles. The van der Waals surface area contributed by atoms with Gasteiger partial charge in [-0.1, -0.05) is 0 Å². The first-order chi connectivity index (χ1) is 5.61. The van der Waals surface area contributed by atoms with Crippen LogP contribution in [0.5, 0.6) is 0 Å². The third-order valence-corrected chi connectivity index (χ3v) is 1.91. The molecule has 0 aliphatic carbocycles. The zero-order valence-electron chi connectivity index (χ0n) is 6.99. The topological polar surface area (TPSA) is 60.9 Å². The summed E-state index contributed by atoms with van der Waals surface area (Å²) in [6.07, 6.45) is 1.27. The van der Waals surface area contributed by atoms with Gasteiger partial charge in [0.1, 0.15) is 6.54 Å². The Labute approximate surface area is 70.5 Å². The molecule has 1 fully saturated rings. The molecule has 0 spiro atoms. The van der Waals surface area contributed by atoms with Gasteiger partial charge in [-0.15, -0.1) is 0 Å². The number of rotatable bonds is 2. The molecule has 0 aromatic carbocycles. The van der Waals surface area contributed by atoms with Crippen molar-refractivity contribution in [2.75, 3.05) is 20.1 Å². The molecule has 0 unspecified atom stereocenters. The van der Waals surface area contributed by atoms with E-state index < -0.39 is 5.97 Å². The molecule has 1 heterocycles. The summed E-state index contributed by atoms with van der Waals surface area (Å²) < 4.78 is 0. The van der Waals surface area contributed by atoms with E-state index in [9.17, 15) is 9.59 Å². The van der Waals surface area contributed by atoms with Gasteiger partial charge in [-0.05, 0) is 6.42 Å². The molecule has 0 radical (unpaired) electrons. The minimum absolute atomic E-state index is 0.0116. The Morgan fingerprint density at radius 1 is 1.67 bits per heavy atom. The Balaban J connectivity index is 2.52. The van der Waals surface area contributed by atoms with Gasteiger partial charge in [-0.3, -0.25) is 14.6 Å². The smallest absolute Gasteiger partial charge is 0.319 e. The van der Waals surface area contributed by atoms with Crippen LogP contribution in [-0.4, -0.2) is 47.1 Å². The van der Waals surface area contributed by atoms with Crippen LogP contribution in [0.2, 0.25) is 0 Å². The lowest BCUT2D eigenvalue weighted by Gasteiger charge is -2.34. The summed E-state index contributed by atoms with van der Waals surface area (Å²) in [6, 6.07) is 0. The summed E-state index contributed by atoms with van der Waals surface area (Å²) in [4.78, 5) is 21.4. The third kappa shape index (κ3) is 1.94. The maximum absolute atomic E-state index is 11.1. The molecule has 0 atom stereocenters. The van der Waals surface area contributed by atoms with E-state index in [1.54, 1.807) is 7.05 Å². The summed E-state index contributed by atoms with van der Waals surface area (Å²) in [5.74, 6) is -0.918. The zero-order chi connectivity index (χ0) is 9.14. The summed E-state index contributed by atoms with van der Waals surface area (Å²) in [7, 11) is 1.60. The minimum atomic E-state index is -0.906. The molecule has 1 rings (SSSR count). The highest BCUT2D eigenvalue weighted by Crippen LogP contribution is 2.08. The van der Waals surface area contributed by atoms with Crippen LogP contribution in [0, 0.1) is 0 Å². The Bertz CT molecular complexity index is 205. The summed E-state index contributed by atoms with van der Waals surface area (Å²) in [5, 5.41) is 11.4. The standard InChI is InChI=1S/C7H12N2O3/c1-8-6(10)3-2-4-9(8)5-7(11)12/h2-5H2,1H3,(H,11,12). The number of hydrogen-bond acceptors (Lipinski definition) is 3. The molecule has 1 amide bonds. The van der Waals surface area contributed by atoms with Crippen LogP contribution >= 0.6 is 0 Å². The largest absolute Gasteiger partial charge is 0.480 e. The lowest BCUT2D eigenvalue weighted by atomic mass is 10.2. The number of amides is 1. The van der Waals surface area contributed by atoms with Gasteiger partial charge in [-0.25, -0.2) is 5.01 Å². The van der Waals surface area contributed by atoms with Crippen molar-refractivity contribution in [2.24, 2.45) is 0 Å². The second-order valence-electron chi connectivity index (χ2n) is 2.80. The first kappa shape index (κ1) is 8.99. The average molecular weight is 172 g/mol. The predicted molar refractivity (Wildman–Crippen MR) is 41.2 cm³/mol. The highest BCUT2D eigenvalue weighted by atomic mass is 16.4. The van der Waals surface area contributed by atoms with E-state index in [0.717, 1.165) is 6.42 Å². The van der Waals surface area contributed by atoms with E-state index in [-0.39, 0.29) is 12.5 Å². The highest BCUT2D eigenvalue weighted by Gasteiger charge is 2.23. The van der Waals surface area contributed by atoms with Crippen molar-refractivity contribution in [2.45, 2.75) is 12.8 Å². The number of carbonyl (C=O) groups is 2. The fraction of sp³-hybridized carbons (Fsp3) is 0.714. The second kappa shape index (κ2) is 3.53. The number of carboxylic acid groups (broad SMARTS) is 1. The van der Waals surface area contributed by atoms with Gasteiger partial charge in [-0.2, -0.15) is 0 Å². The maximum Gasteiger partial charge on any atom is 0.319 e. The zero-order valence-corrected chi connectivity index (χ0v) is 6.99. The lowest BCUT2D eigenvalue weighted by molar-refractivity contribution is -0.157. The van der Waals surface area contributed by atoms with Gasteiger partial charge < -0.3 is 5.11 Å². The van der Waals surface area contributed by atoms with Gasteiger partial charge in [0.15, 0.2) is 0 Å². The lowest BCUT2D eigenvalue weighted by Crippen LogP contribution is -2.49. The van der Waals surface area contributed by atoms with Crippen molar-refractivity contribution in [3.63, 3.8) is 0 Å².